The summed E-state index contributed by atoms with van der Waals surface area (Å²) < 4.78 is 26.3. The molecule has 1 atom stereocenters. The molecule has 1 aliphatic rings. The fourth-order valence-corrected chi connectivity index (χ4v) is 5.74. The van der Waals surface area contributed by atoms with Crippen LogP contribution < -0.4 is 15.4 Å². The number of methoxy groups -OCH3 is 1. The van der Waals surface area contributed by atoms with Gasteiger partial charge in [-0.25, -0.2) is 13.9 Å². The molecule has 1 amide bonds. The van der Waals surface area contributed by atoms with Crippen LogP contribution in [-0.4, -0.2) is 45.5 Å². The van der Waals surface area contributed by atoms with E-state index in [-0.39, 0.29) is 23.9 Å². The summed E-state index contributed by atoms with van der Waals surface area (Å²) in [5.41, 5.74) is 2.59. The number of phenolic OH excluding ortho intramolecular Hbond substituents is 1. The summed E-state index contributed by atoms with van der Waals surface area (Å²) in [6.45, 7) is 3.72. The third-order valence-corrected chi connectivity index (χ3v) is 7.88. The van der Waals surface area contributed by atoms with Gasteiger partial charge in [0.05, 0.1) is 24.9 Å². The van der Waals surface area contributed by atoms with Crippen molar-refractivity contribution in [1.82, 2.24) is 14.8 Å². The third-order valence-electron chi connectivity index (χ3n) is 6.66. The van der Waals surface area contributed by atoms with Gasteiger partial charge in [-0.05, 0) is 67.9 Å². The lowest BCUT2D eigenvalue weighted by Crippen LogP contribution is -2.31. The largest absolute Gasteiger partial charge is 0.504 e. The number of hydrogen-bond donors (Lipinski definition) is 3. The number of benzene rings is 3. The minimum absolute atomic E-state index is 0.0644. The zero-order valence-electron chi connectivity index (χ0n) is 23.4. The van der Waals surface area contributed by atoms with Crippen LogP contribution in [0.5, 0.6) is 11.5 Å². The quantitative estimate of drug-likeness (QED) is 0.148. The molecule has 10 nitrogen and oxygen atoms in total. The maximum atomic E-state index is 14.4. The third kappa shape index (κ3) is 6.30. The molecule has 1 unspecified atom stereocenters. The normalized spacial score (nSPS) is 14.1. The van der Waals surface area contributed by atoms with Crippen LogP contribution in [0.4, 0.5) is 16.0 Å². The fraction of sp³-hybridized carbons (Fsp3) is 0.200. The number of halogens is 2. The molecule has 43 heavy (non-hydrogen) atoms. The van der Waals surface area contributed by atoms with Crippen molar-refractivity contribution in [3.05, 3.63) is 99.5 Å². The van der Waals surface area contributed by atoms with E-state index in [4.69, 9.17) is 21.1 Å². The second-order valence-electron chi connectivity index (χ2n) is 9.40. The number of amides is 1. The van der Waals surface area contributed by atoms with Gasteiger partial charge in [0.2, 0.25) is 11.1 Å². The van der Waals surface area contributed by atoms with Crippen molar-refractivity contribution in [3.63, 3.8) is 0 Å². The van der Waals surface area contributed by atoms with E-state index in [9.17, 15) is 19.1 Å². The highest BCUT2D eigenvalue weighted by Crippen LogP contribution is 2.40. The topological polar surface area (TPSA) is 128 Å². The first kappa shape index (κ1) is 29.9. The van der Waals surface area contributed by atoms with Crippen molar-refractivity contribution in [3.8, 4) is 11.5 Å². The average molecular weight is 624 g/mol. The van der Waals surface area contributed by atoms with E-state index in [0.29, 0.717) is 49.8 Å². The van der Waals surface area contributed by atoms with Crippen molar-refractivity contribution in [2.75, 3.05) is 24.4 Å². The molecule has 0 aliphatic carbocycles. The van der Waals surface area contributed by atoms with E-state index in [1.165, 1.54) is 37.1 Å². The first-order chi connectivity index (χ1) is 20.7. The number of anilines is 2. The molecule has 1 aliphatic heterocycles. The number of rotatable bonds is 9. The van der Waals surface area contributed by atoms with E-state index in [2.05, 4.69) is 20.7 Å². The van der Waals surface area contributed by atoms with Crippen molar-refractivity contribution in [1.29, 1.82) is 0 Å². The van der Waals surface area contributed by atoms with Crippen LogP contribution in [0.1, 0.15) is 41.4 Å². The minimum Gasteiger partial charge on any atom is -0.504 e. The standard InChI is InChI=1S/C30H27ClFN5O5S/c1-4-42-28(40)17-8-11-19(12-9-17)34-27(39)25-16(2)33-29-35-30(43-15-20-21(31)6-5-7-22(20)32)36-37(29)26(25)18-10-13-23(38)24(14-18)41-3/h5-14,26,38H,4,15H2,1-3H3,(H,34,39)(H,33,35,36). The molecule has 4 aromatic rings. The Morgan fingerprint density at radius 3 is 2.65 bits per heavy atom. The molecule has 3 aromatic carbocycles. The number of aromatic hydroxyl groups is 1. The van der Waals surface area contributed by atoms with Gasteiger partial charge in [-0.3, -0.25) is 4.79 Å². The molecule has 1 aromatic heterocycles. The number of aromatic nitrogens is 3. The van der Waals surface area contributed by atoms with Crippen molar-refractivity contribution in [2.45, 2.75) is 30.8 Å². The zero-order valence-corrected chi connectivity index (χ0v) is 24.9. The number of esters is 1. The molecule has 2 heterocycles. The number of carbonyl (C=O) groups is 2. The van der Waals surface area contributed by atoms with E-state index >= 15 is 0 Å². The fourth-order valence-electron chi connectivity index (χ4n) is 4.57. The minimum atomic E-state index is -0.775. The van der Waals surface area contributed by atoms with Gasteiger partial charge in [0, 0.05) is 27.7 Å². The van der Waals surface area contributed by atoms with Gasteiger partial charge < -0.3 is 25.2 Å². The molecule has 0 bridgehead atoms. The Labute approximate surface area is 255 Å². The molecule has 5 rings (SSSR count). The van der Waals surface area contributed by atoms with Crippen LogP contribution in [0.2, 0.25) is 5.02 Å². The molecule has 0 saturated heterocycles. The Bertz CT molecular complexity index is 1710. The molecular formula is C30H27ClFN5O5S. The van der Waals surface area contributed by atoms with E-state index in [0.717, 1.165) is 0 Å². The summed E-state index contributed by atoms with van der Waals surface area (Å²) in [5, 5.41) is 21.6. The van der Waals surface area contributed by atoms with Gasteiger partial charge in [-0.15, -0.1) is 5.10 Å². The predicted molar refractivity (Wildman–Crippen MR) is 161 cm³/mol. The highest BCUT2D eigenvalue weighted by Gasteiger charge is 2.35. The lowest BCUT2D eigenvalue weighted by molar-refractivity contribution is -0.113. The number of allylic oxidation sites excluding steroid dienone is 1. The van der Waals surface area contributed by atoms with Crippen LogP contribution in [0.3, 0.4) is 0 Å². The predicted octanol–water partition coefficient (Wildman–Crippen LogP) is 6.18. The maximum absolute atomic E-state index is 14.4. The molecule has 0 fully saturated rings. The number of thioether (sulfide) groups is 1. The molecule has 3 N–H and O–H groups in total. The number of hydrogen-bond acceptors (Lipinski definition) is 9. The first-order valence-electron chi connectivity index (χ1n) is 13.2. The number of ether oxygens (including phenoxy) is 2. The van der Waals surface area contributed by atoms with Crippen molar-refractivity contribution in [2.24, 2.45) is 0 Å². The number of nitrogens with one attached hydrogen (secondary N) is 2. The average Bonchev–Trinajstić information content (AvgIpc) is 3.39. The summed E-state index contributed by atoms with van der Waals surface area (Å²) in [5.74, 6) is -0.608. The first-order valence-corrected chi connectivity index (χ1v) is 14.5. The summed E-state index contributed by atoms with van der Waals surface area (Å²) in [6.07, 6.45) is 0. The van der Waals surface area contributed by atoms with E-state index in [1.54, 1.807) is 61.0 Å². The van der Waals surface area contributed by atoms with Crippen LogP contribution in [-0.2, 0) is 15.3 Å². The molecule has 0 radical (unpaired) electrons. The Morgan fingerprint density at radius 2 is 1.95 bits per heavy atom. The summed E-state index contributed by atoms with van der Waals surface area (Å²) in [4.78, 5) is 30.4. The monoisotopic (exact) mass is 623 g/mol. The Kier molecular flexibility index (Phi) is 8.88. The van der Waals surface area contributed by atoms with Gasteiger partial charge in [0.25, 0.3) is 5.91 Å². The molecule has 13 heteroatoms. The zero-order chi connectivity index (χ0) is 30.7. The maximum Gasteiger partial charge on any atom is 0.338 e. The van der Waals surface area contributed by atoms with E-state index in [1.807, 2.05) is 0 Å². The lowest BCUT2D eigenvalue weighted by Gasteiger charge is -2.29. The lowest BCUT2D eigenvalue weighted by atomic mass is 9.94. The summed E-state index contributed by atoms with van der Waals surface area (Å²) in [6, 6.07) is 14.8. The second kappa shape index (κ2) is 12.8. The number of phenols is 1. The van der Waals surface area contributed by atoms with Crippen LogP contribution in [0.25, 0.3) is 0 Å². The summed E-state index contributed by atoms with van der Waals surface area (Å²) >= 11 is 7.40. The molecule has 0 saturated carbocycles. The van der Waals surface area contributed by atoms with Gasteiger partial charge in [0.15, 0.2) is 11.5 Å². The Hall–Kier alpha value is -4.55. The molecule has 0 spiro atoms. The van der Waals surface area contributed by atoms with E-state index < -0.39 is 23.7 Å². The molecule has 222 valence electrons. The van der Waals surface area contributed by atoms with Gasteiger partial charge in [0.1, 0.15) is 11.9 Å². The number of nitrogens with zero attached hydrogens (tertiary/aromatic N) is 3. The smallest absolute Gasteiger partial charge is 0.338 e. The van der Waals surface area contributed by atoms with Crippen LogP contribution in [0.15, 0.2) is 77.1 Å². The van der Waals surface area contributed by atoms with Crippen molar-refractivity contribution < 1.29 is 28.6 Å². The van der Waals surface area contributed by atoms with Gasteiger partial charge in [-0.2, -0.15) is 4.98 Å². The summed E-state index contributed by atoms with van der Waals surface area (Å²) in [7, 11) is 1.43. The van der Waals surface area contributed by atoms with Crippen molar-refractivity contribution >= 4 is 46.9 Å². The highest BCUT2D eigenvalue weighted by molar-refractivity contribution is 7.98. The highest BCUT2D eigenvalue weighted by atomic mass is 35.5. The number of carbonyl (C=O) groups excluding carboxylic acids is 2. The van der Waals surface area contributed by atoms with Crippen LogP contribution >= 0.6 is 23.4 Å². The number of fused-ring (bicyclic) bond motifs is 1. The second-order valence-corrected chi connectivity index (χ2v) is 10.8. The Balaban J connectivity index is 1.48. The Morgan fingerprint density at radius 1 is 1.19 bits per heavy atom. The SMILES string of the molecule is CCOC(=O)c1ccc(NC(=O)C2=C(C)Nc3nc(SCc4c(F)cccc4Cl)nn3C2c2ccc(O)c(OC)c2)cc1. The van der Waals surface area contributed by atoms with Gasteiger partial charge in [-0.1, -0.05) is 35.5 Å². The van der Waals surface area contributed by atoms with Gasteiger partial charge >= 0.3 is 5.97 Å². The molecular weight excluding hydrogens is 597 g/mol. The van der Waals surface area contributed by atoms with Crippen LogP contribution in [0, 0.1) is 5.82 Å².